The summed E-state index contributed by atoms with van der Waals surface area (Å²) >= 11 is 0. The van der Waals surface area contributed by atoms with Gasteiger partial charge in [-0.05, 0) is 0 Å². The molecule has 1 aromatic rings. The number of nitriles is 1. The molecular weight excluding hydrogens is 218 g/mol. The summed E-state index contributed by atoms with van der Waals surface area (Å²) in [6.45, 7) is 5.21. The number of anilines is 1. The van der Waals surface area contributed by atoms with Crippen LogP contribution in [0.25, 0.3) is 0 Å². The van der Waals surface area contributed by atoms with Crippen molar-refractivity contribution in [3.05, 3.63) is 18.1 Å². The van der Waals surface area contributed by atoms with Crippen molar-refractivity contribution in [3.8, 4) is 6.07 Å². The third-order valence-corrected chi connectivity index (χ3v) is 2.63. The smallest absolute Gasteiger partial charge is 0.182 e. The highest BCUT2D eigenvalue weighted by Gasteiger charge is 2.10. The normalized spacial score (nSPS) is 16.4. The maximum absolute atomic E-state index is 8.85. The van der Waals surface area contributed by atoms with Crippen LogP contribution in [0.2, 0.25) is 0 Å². The van der Waals surface area contributed by atoms with Crippen LogP contribution in [0.4, 0.5) is 5.82 Å². The Balaban J connectivity index is 1.79. The van der Waals surface area contributed by atoms with E-state index >= 15 is 0 Å². The standard InChI is InChI=1S/C11H15N5O/c12-9-10-11(14-2-1-13-10)15-3-4-16-5-7-17-8-6-16/h1-2H,3-8H2,(H,14,15). The van der Waals surface area contributed by atoms with Gasteiger partial charge >= 0.3 is 0 Å². The van der Waals surface area contributed by atoms with Crippen molar-refractivity contribution >= 4 is 5.82 Å². The van der Waals surface area contributed by atoms with E-state index < -0.39 is 0 Å². The van der Waals surface area contributed by atoms with Gasteiger partial charge in [0.1, 0.15) is 6.07 Å². The Kier molecular flexibility index (Phi) is 4.24. The second-order valence-corrected chi connectivity index (χ2v) is 3.75. The molecule has 6 heteroatoms. The number of morpholine rings is 1. The minimum Gasteiger partial charge on any atom is -0.379 e. The van der Waals surface area contributed by atoms with Crippen molar-refractivity contribution in [1.29, 1.82) is 5.26 Å². The van der Waals surface area contributed by atoms with Gasteiger partial charge < -0.3 is 10.1 Å². The summed E-state index contributed by atoms with van der Waals surface area (Å²) in [6, 6.07) is 2.01. The summed E-state index contributed by atoms with van der Waals surface area (Å²) < 4.78 is 5.27. The zero-order valence-electron chi connectivity index (χ0n) is 9.59. The molecule has 0 unspecified atom stereocenters. The van der Waals surface area contributed by atoms with Gasteiger partial charge in [-0.25, -0.2) is 9.97 Å². The van der Waals surface area contributed by atoms with Crippen molar-refractivity contribution in [2.24, 2.45) is 0 Å². The lowest BCUT2D eigenvalue weighted by atomic mass is 10.4. The van der Waals surface area contributed by atoms with Gasteiger partial charge in [-0.15, -0.1) is 0 Å². The lowest BCUT2D eigenvalue weighted by Crippen LogP contribution is -2.39. The van der Waals surface area contributed by atoms with E-state index in [1.807, 2.05) is 6.07 Å². The molecule has 1 aliphatic rings. The largest absolute Gasteiger partial charge is 0.379 e. The van der Waals surface area contributed by atoms with Gasteiger partial charge in [0.2, 0.25) is 0 Å². The van der Waals surface area contributed by atoms with Crippen LogP contribution < -0.4 is 5.32 Å². The van der Waals surface area contributed by atoms with Gasteiger partial charge in [-0.3, -0.25) is 4.90 Å². The summed E-state index contributed by atoms with van der Waals surface area (Å²) in [6.07, 6.45) is 3.10. The van der Waals surface area contributed by atoms with Crippen LogP contribution in [0.15, 0.2) is 12.4 Å². The molecule has 2 rings (SSSR count). The third-order valence-electron chi connectivity index (χ3n) is 2.63. The van der Waals surface area contributed by atoms with Crippen LogP contribution in [0.5, 0.6) is 0 Å². The van der Waals surface area contributed by atoms with Crippen LogP contribution in [0.1, 0.15) is 5.69 Å². The molecule has 0 saturated carbocycles. The molecule has 1 fully saturated rings. The molecule has 1 saturated heterocycles. The van der Waals surface area contributed by atoms with E-state index in [4.69, 9.17) is 10.00 Å². The summed E-state index contributed by atoms with van der Waals surface area (Å²) in [5, 5.41) is 12.0. The zero-order chi connectivity index (χ0) is 11.9. The Hall–Kier alpha value is -1.71. The zero-order valence-corrected chi connectivity index (χ0v) is 9.59. The lowest BCUT2D eigenvalue weighted by molar-refractivity contribution is 0.0398. The molecule has 0 spiro atoms. The highest BCUT2D eigenvalue weighted by molar-refractivity contribution is 5.46. The van der Waals surface area contributed by atoms with E-state index in [1.165, 1.54) is 6.20 Å². The Bertz CT molecular complexity index is 397. The molecule has 0 bridgehead atoms. The highest BCUT2D eigenvalue weighted by Crippen LogP contribution is 2.05. The Morgan fingerprint density at radius 2 is 2.12 bits per heavy atom. The predicted molar refractivity (Wildman–Crippen MR) is 62.5 cm³/mol. The molecule has 17 heavy (non-hydrogen) atoms. The van der Waals surface area contributed by atoms with Crippen molar-refractivity contribution in [2.75, 3.05) is 44.7 Å². The number of ether oxygens (including phenoxy) is 1. The van der Waals surface area contributed by atoms with Gasteiger partial charge in [0.25, 0.3) is 0 Å². The molecule has 0 amide bonds. The first-order chi connectivity index (χ1) is 8.40. The quantitative estimate of drug-likeness (QED) is 0.794. The van der Waals surface area contributed by atoms with E-state index in [0.29, 0.717) is 11.5 Å². The monoisotopic (exact) mass is 233 g/mol. The Morgan fingerprint density at radius 1 is 1.35 bits per heavy atom. The SMILES string of the molecule is N#Cc1nccnc1NCCN1CCOCC1. The first-order valence-electron chi connectivity index (χ1n) is 5.65. The maximum atomic E-state index is 8.85. The molecule has 1 aliphatic heterocycles. The maximum Gasteiger partial charge on any atom is 0.182 e. The average Bonchev–Trinajstić information content (AvgIpc) is 2.40. The van der Waals surface area contributed by atoms with Gasteiger partial charge in [0, 0.05) is 38.6 Å². The molecule has 0 aromatic carbocycles. The fourth-order valence-electron chi connectivity index (χ4n) is 1.71. The first kappa shape index (κ1) is 11.8. The Morgan fingerprint density at radius 3 is 2.88 bits per heavy atom. The van der Waals surface area contributed by atoms with Crippen LogP contribution in [-0.2, 0) is 4.74 Å². The number of aromatic nitrogens is 2. The van der Waals surface area contributed by atoms with Crippen molar-refractivity contribution in [3.63, 3.8) is 0 Å². The summed E-state index contributed by atoms with van der Waals surface area (Å²) in [5.41, 5.74) is 0.342. The number of nitrogens with one attached hydrogen (secondary N) is 1. The van der Waals surface area contributed by atoms with Crippen molar-refractivity contribution in [1.82, 2.24) is 14.9 Å². The first-order valence-corrected chi connectivity index (χ1v) is 5.65. The third kappa shape index (κ3) is 3.37. The number of nitrogens with zero attached hydrogens (tertiary/aromatic N) is 4. The number of rotatable bonds is 4. The molecule has 0 atom stereocenters. The van der Waals surface area contributed by atoms with Gasteiger partial charge in [0.05, 0.1) is 13.2 Å². The number of hydrogen-bond acceptors (Lipinski definition) is 6. The molecule has 2 heterocycles. The van der Waals surface area contributed by atoms with Crippen LogP contribution in [0, 0.1) is 11.3 Å². The van der Waals surface area contributed by atoms with Crippen LogP contribution in [-0.4, -0.2) is 54.3 Å². The average molecular weight is 233 g/mol. The topological polar surface area (TPSA) is 74.1 Å². The van der Waals surface area contributed by atoms with E-state index in [1.54, 1.807) is 6.20 Å². The van der Waals surface area contributed by atoms with E-state index in [9.17, 15) is 0 Å². The fourth-order valence-corrected chi connectivity index (χ4v) is 1.71. The second-order valence-electron chi connectivity index (χ2n) is 3.75. The summed E-state index contributed by atoms with van der Waals surface area (Å²) in [7, 11) is 0. The van der Waals surface area contributed by atoms with Crippen LogP contribution in [0.3, 0.4) is 0 Å². The van der Waals surface area contributed by atoms with E-state index in [-0.39, 0.29) is 0 Å². The number of hydrogen-bond donors (Lipinski definition) is 1. The summed E-state index contributed by atoms with van der Waals surface area (Å²) in [5.74, 6) is 0.559. The van der Waals surface area contributed by atoms with E-state index in [0.717, 1.165) is 39.4 Å². The van der Waals surface area contributed by atoms with Gasteiger partial charge in [-0.1, -0.05) is 0 Å². The molecule has 90 valence electrons. The minimum absolute atomic E-state index is 0.342. The van der Waals surface area contributed by atoms with Gasteiger partial charge in [0.15, 0.2) is 11.5 Å². The lowest BCUT2D eigenvalue weighted by Gasteiger charge is -2.26. The summed E-state index contributed by atoms with van der Waals surface area (Å²) in [4.78, 5) is 10.4. The molecular formula is C11H15N5O. The molecule has 1 N–H and O–H groups in total. The van der Waals surface area contributed by atoms with Crippen LogP contribution >= 0.6 is 0 Å². The van der Waals surface area contributed by atoms with Crippen molar-refractivity contribution in [2.45, 2.75) is 0 Å². The van der Waals surface area contributed by atoms with Gasteiger partial charge in [-0.2, -0.15) is 5.26 Å². The molecule has 1 aromatic heterocycles. The predicted octanol–water partition coefficient (Wildman–Crippen LogP) is 0.0924. The molecule has 0 radical (unpaired) electrons. The second kappa shape index (κ2) is 6.13. The van der Waals surface area contributed by atoms with E-state index in [2.05, 4.69) is 20.2 Å². The van der Waals surface area contributed by atoms with Crippen molar-refractivity contribution < 1.29 is 4.74 Å². The Labute approximate surface area is 100 Å². The highest BCUT2D eigenvalue weighted by atomic mass is 16.5. The fraction of sp³-hybridized carbons (Fsp3) is 0.545. The molecule has 6 nitrogen and oxygen atoms in total. The molecule has 0 aliphatic carbocycles. The minimum atomic E-state index is 0.342.